The summed E-state index contributed by atoms with van der Waals surface area (Å²) in [5, 5.41) is 14.3. The Kier molecular flexibility index (Phi) is 7.76. The lowest BCUT2D eigenvalue weighted by molar-refractivity contribution is 0.324. The number of aromatic nitrogens is 6. The first kappa shape index (κ1) is 24.1. The highest BCUT2D eigenvalue weighted by molar-refractivity contribution is 7.99. The van der Waals surface area contributed by atoms with Crippen LogP contribution in [-0.4, -0.2) is 51.5 Å². The Balaban J connectivity index is 1.73. The second kappa shape index (κ2) is 10.9. The molecule has 4 rings (SSSR count). The van der Waals surface area contributed by atoms with Crippen molar-refractivity contribution >= 4 is 35.1 Å². The maximum absolute atomic E-state index is 6.01. The van der Waals surface area contributed by atoms with Gasteiger partial charge in [-0.2, -0.15) is 0 Å². The molecule has 9 nitrogen and oxygen atoms in total. The molecular formula is C22H21ClN6O3S2. The van der Waals surface area contributed by atoms with Crippen LogP contribution in [0.5, 0.6) is 17.2 Å². The van der Waals surface area contributed by atoms with Gasteiger partial charge in [-0.1, -0.05) is 35.5 Å². The zero-order valence-corrected chi connectivity index (χ0v) is 21.2. The molecule has 0 saturated carbocycles. The zero-order chi connectivity index (χ0) is 24.1. The Hall–Kier alpha value is -3.02. The number of nitrogens with zero attached hydrogens (tertiary/aromatic N) is 6. The Bertz CT molecular complexity index is 1260. The van der Waals surface area contributed by atoms with E-state index in [9.17, 15) is 0 Å². The quantitative estimate of drug-likeness (QED) is 0.175. The van der Waals surface area contributed by atoms with Gasteiger partial charge in [0.25, 0.3) is 0 Å². The molecule has 0 aliphatic rings. The lowest BCUT2D eigenvalue weighted by Crippen LogP contribution is -1.99. The van der Waals surface area contributed by atoms with Crippen molar-refractivity contribution in [1.29, 1.82) is 0 Å². The number of ether oxygens (including phenoxy) is 3. The summed E-state index contributed by atoms with van der Waals surface area (Å²) in [5.74, 6) is 2.28. The SMILES string of the molecule is COc1cc(-c2cc(Sc3nnnn3C)nc(SCc3ccc(Cl)cc3)n2)cc(OC)c1OC. The number of aryl methyl sites for hydroxylation is 1. The summed E-state index contributed by atoms with van der Waals surface area (Å²) in [6.07, 6.45) is 0. The molecule has 0 saturated heterocycles. The van der Waals surface area contributed by atoms with Crippen LogP contribution in [0.1, 0.15) is 5.56 Å². The zero-order valence-electron chi connectivity index (χ0n) is 18.9. The summed E-state index contributed by atoms with van der Waals surface area (Å²) in [5.41, 5.74) is 2.61. The van der Waals surface area contributed by atoms with E-state index >= 15 is 0 Å². The Morgan fingerprint density at radius 2 is 1.65 bits per heavy atom. The van der Waals surface area contributed by atoms with Crippen LogP contribution in [0, 0.1) is 0 Å². The third-order valence-corrected chi connectivity index (χ3v) is 6.82. The highest BCUT2D eigenvalue weighted by Gasteiger charge is 2.17. The molecule has 0 N–H and O–H groups in total. The first-order chi connectivity index (χ1) is 16.5. The standard InChI is InChI=1S/C22H21ClN6O3S2/c1-29-22(26-27-28-29)34-19-11-16(14-9-17(30-2)20(32-4)18(10-14)31-3)24-21(25-19)33-12-13-5-7-15(23)8-6-13/h5-11H,12H2,1-4H3. The molecule has 0 unspecified atom stereocenters. The molecule has 0 aliphatic carbocycles. The van der Waals surface area contributed by atoms with Crippen LogP contribution >= 0.6 is 35.1 Å². The second-order valence-corrected chi connectivity index (χ2v) is 9.26. The summed E-state index contributed by atoms with van der Waals surface area (Å²) in [6.45, 7) is 0. The highest BCUT2D eigenvalue weighted by atomic mass is 35.5. The maximum atomic E-state index is 6.01. The fourth-order valence-corrected chi connectivity index (χ4v) is 4.76. The number of thioether (sulfide) groups is 1. The van der Waals surface area contributed by atoms with Crippen molar-refractivity contribution in [3.8, 4) is 28.5 Å². The summed E-state index contributed by atoms with van der Waals surface area (Å²) in [6, 6.07) is 13.3. The van der Waals surface area contributed by atoms with Gasteiger partial charge in [0.05, 0.1) is 27.0 Å². The fraction of sp³-hybridized carbons (Fsp3) is 0.227. The van der Waals surface area contributed by atoms with E-state index in [1.165, 1.54) is 23.5 Å². The Morgan fingerprint density at radius 1 is 0.941 bits per heavy atom. The van der Waals surface area contributed by atoms with Gasteiger partial charge >= 0.3 is 0 Å². The molecule has 176 valence electrons. The molecule has 2 aromatic heterocycles. The van der Waals surface area contributed by atoms with Gasteiger partial charge in [-0.05, 0) is 58.1 Å². The molecule has 0 atom stereocenters. The number of benzene rings is 2. The predicted molar refractivity (Wildman–Crippen MR) is 131 cm³/mol. The van der Waals surface area contributed by atoms with Crippen LogP contribution in [0.3, 0.4) is 0 Å². The van der Waals surface area contributed by atoms with Crippen LogP contribution in [0.15, 0.2) is 57.8 Å². The minimum atomic E-state index is 0.514. The van der Waals surface area contributed by atoms with Crippen LogP contribution in [0.25, 0.3) is 11.3 Å². The van der Waals surface area contributed by atoms with Gasteiger partial charge in [-0.25, -0.2) is 14.6 Å². The number of halogens is 1. The van der Waals surface area contributed by atoms with Crippen molar-refractivity contribution in [1.82, 2.24) is 30.2 Å². The van der Waals surface area contributed by atoms with E-state index in [4.69, 9.17) is 35.8 Å². The number of tetrazole rings is 1. The predicted octanol–water partition coefficient (Wildman–Crippen LogP) is 4.79. The first-order valence-corrected chi connectivity index (χ1v) is 12.2. The van der Waals surface area contributed by atoms with Gasteiger partial charge in [0.2, 0.25) is 10.9 Å². The normalized spacial score (nSPS) is 10.9. The van der Waals surface area contributed by atoms with E-state index in [0.29, 0.717) is 49.1 Å². The van der Waals surface area contributed by atoms with Gasteiger partial charge in [0.15, 0.2) is 16.7 Å². The monoisotopic (exact) mass is 516 g/mol. The summed E-state index contributed by atoms with van der Waals surface area (Å²) in [7, 11) is 6.51. The van der Waals surface area contributed by atoms with E-state index in [1.54, 1.807) is 33.1 Å². The third kappa shape index (κ3) is 5.54. The Morgan fingerprint density at radius 3 is 2.24 bits per heavy atom. The second-order valence-electron chi connectivity index (χ2n) is 6.89. The fourth-order valence-electron chi connectivity index (χ4n) is 3.03. The molecular weight excluding hydrogens is 496 g/mol. The topological polar surface area (TPSA) is 97.1 Å². The third-order valence-electron chi connectivity index (χ3n) is 4.70. The number of methoxy groups -OCH3 is 3. The van der Waals surface area contributed by atoms with Crippen molar-refractivity contribution < 1.29 is 14.2 Å². The van der Waals surface area contributed by atoms with Gasteiger partial charge in [0.1, 0.15) is 5.03 Å². The first-order valence-electron chi connectivity index (χ1n) is 9.97. The van der Waals surface area contributed by atoms with Crippen molar-refractivity contribution in [2.24, 2.45) is 7.05 Å². The lowest BCUT2D eigenvalue weighted by atomic mass is 10.1. The molecule has 4 aromatic rings. The van der Waals surface area contributed by atoms with E-state index in [1.807, 2.05) is 42.5 Å². The molecule has 0 fully saturated rings. The van der Waals surface area contributed by atoms with Gasteiger partial charge in [-0.15, -0.1) is 5.10 Å². The molecule has 0 bridgehead atoms. The van der Waals surface area contributed by atoms with Crippen LogP contribution < -0.4 is 14.2 Å². The van der Waals surface area contributed by atoms with Gasteiger partial charge < -0.3 is 14.2 Å². The summed E-state index contributed by atoms with van der Waals surface area (Å²) in [4.78, 5) is 9.52. The molecule has 34 heavy (non-hydrogen) atoms. The minimum Gasteiger partial charge on any atom is -0.493 e. The smallest absolute Gasteiger partial charge is 0.215 e. The van der Waals surface area contributed by atoms with E-state index in [2.05, 4.69) is 15.5 Å². The van der Waals surface area contributed by atoms with Crippen LogP contribution in [0.2, 0.25) is 5.02 Å². The number of rotatable bonds is 9. The maximum Gasteiger partial charge on any atom is 0.215 e. The number of hydrogen-bond acceptors (Lipinski definition) is 10. The summed E-state index contributed by atoms with van der Waals surface area (Å²) < 4.78 is 18.1. The van der Waals surface area contributed by atoms with Gasteiger partial charge in [0, 0.05) is 23.4 Å². The molecule has 0 amide bonds. The Labute approximate surface area is 210 Å². The molecule has 0 radical (unpaired) electrons. The highest BCUT2D eigenvalue weighted by Crippen LogP contribution is 2.41. The van der Waals surface area contributed by atoms with Crippen molar-refractivity contribution in [3.05, 3.63) is 53.1 Å². The van der Waals surface area contributed by atoms with Gasteiger partial charge in [-0.3, -0.25) is 0 Å². The molecule has 0 spiro atoms. The van der Waals surface area contributed by atoms with Crippen LogP contribution in [-0.2, 0) is 12.8 Å². The molecule has 2 heterocycles. The largest absolute Gasteiger partial charge is 0.493 e. The molecule has 2 aromatic carbocycles. The van der Waals surface area contributed by atoms with E-state index in [0.717, 1.165) is 11.1 Å². The lowest BCUT2D eigenvalue weighted by Gasteiger charge is -2.14. The summed E-state index contributed by atoms with van der Waals surface area (Å²) >= 11 is 8.88. The van der Waals surface area contributed by atoms with E-state index < -0.39 is 0 Å². The van der Waals surface area contributed by atoms with Crippen LogP contribution in [0.4, 0.5) is 0 Å². The van der Waals surface area contributed by atoms with E-state index in [-0.39, 0.29) is 0 Å². The number of hydrogen-bond donors (Lipinski definition) is 0. The molecule has 12 heteroatoms. The van der Waals surface area contributed by atoms with Crippen molar-refractivity contribution in [2.45, 2.75) is 21.1 Å². The molecule has 0 aliphatic heterocycles. The average Bonchev–Trinajstić information content (AvgIpc) is 3.26. The minimum absolute atomic E-state index is 0.514. The van der Waals surface area contributed by atoms with Crippen molar-refractivity contribution in [3.63, 3.8) is 0 Å². The average molecular weight is 517 g/mol. The van der Waals surface area contributed by atoms with Crippen molar-refractivity contribution in [2.75, 3.05) is 21.3 Å².